The SMILES string of the molecule is CC(C)(C)NC(=O)NS(=O)(=O)c1ccc(N)cc1Br. The van der Waals surface area contributed by atoms with Crippen LogP contribution in [0.4, 0.5) is 10.5 Å². The summed E-state index contributed by atoms with van der Waals surface area (Å²) in [7, 11) is -3.94. The monoisotopic (exact) mass is 349 g/mol. The normalized spacial score (nSPS) is 12.0. The molecular formula is C11H16BrN3O3S. The van der Waals surface area contributed by atoms with Crippen molar-refractivity contribution >= 4 is 37.7 Å². The van der Waals surface area contributed by atoms with Crippen LogP contribution < -0.4 is 15.8 Å². The van der Waals surface area contributed by atoms with Crippen molar-refractivity contribution in [1.82, 2.24) is 10.0 Å². The van der Waals surface area contributed by atoms with Crippen molar-refractivity contribution in [3.63, 3.8) is 0 Å². The van der Waals surface area contributed by atoms with Crippen molar-refractivity contribution in [1.29, 1.82) is 0 Å². The van der Waals surface area contributed by atoms with E-state index in [1.807, 2.05) is 4.72 Å². The van der Waals surface area contributed by atoms with Crippen molar-refractivity contribution < 1.29 is 13.2 Å². The van der Waals surface area contributed by atoms with Gasteiger partial charge in [0.2, 0.25) is 0 Å². The molecule has 1 rings (SSSR count). The maximum atomic E-state index is 12.0. The second-order valence-corrected chi connectivity index (χ2v) is 7.50. The zero-order chi connectivity index (χ0) is 14.8. The van der Waals surface area contributed by atoms with E-state index in [9.17, 15) is 13.2 Å². The predicted octanol–water partition coefficient (Wildman–Crippen LogP) is 1.82. The molecule has 0 bridgehead atoms. The summed E-state index contributed by atoms with van der Waals surface area (Å²) in [6.45, 7) is 5.25. The summed E-state index contributed by atoms with van der Waals surface area (Å²) in [5.74, 6) is 0. The Kier molecular flexibility index (Phi) is 4.46. The molecule has 8 heteroatoms. The first kappa shape index (κ1) is 15.8. The molecule has 0 aromatic heterocycles. The second-order valence-electron chi connectivity index (χ2n) is 5.00. The highest BCUT2D eigenvalue weighted by atomic mass is 79.9. The van der Waals surface area contributed by atoms with E-state index in [2.05, 4.69) is 21.2 Å². The second kappa shape index (κ2) is 5.38. The Hall–Kier alpha value is -1.28. The number of hydrogen-bond donors (Lipinski definition) is 3. The smallest absolute Gasteiger partial charge is 0.329 e. The molecule has 0 atom stereocenters. The highest BCUT2D eigenvalue weighted by Crippen LogP contribution is 2.23. The number of benzene rings is 1. The molecule has 106 valence electrons. The van der Waals surface area contributed by atoms with Gasteiger partial charge in [-0.1, -0.05) is 0 Å². The largest absolute Gasteiger partial charge is 0.399 e. The number of sulfonamides is 1. The van der Waals surface area contributed by atoms with Crippen LogP contribution in [0.5, 0.6) is 0 Å². The van der Waals surface area contributed by atoms with Crippen molar-refractivity contribution in [2.45, 2.75) is 31.2 Å². The number of carbonyl (C=O) groups is 1. The van der Waals surface area contributed by atoms with Crippen LogP contribution in [0.1, 0.15) is 20.8 Å². The molecule has 0 saturated heterocycles. The standard InChI is InChI=1S/C11H16BrN3O3S/c1-11(2,3)14-10(16)15-19(17,18)9-5-4-7(13)6-8(9)12/h4-6H,13H2,1-3H3,(H2,14,15,16). The minimum Gasteiger partial charge on any atom is -0.399 e. The summed E-state index contributed by atoms with van der Waals surface area (Å²) < 4.78 is 26.3. The molecule has 0 saturated carbocycles. The molecule has 0 aliphatic carbocycles. The molecule has 0 fully saturated rings. The lowest BCUT2D eigenvalue weighted by molar-refractivity contribution is 0.237. The third kappa shape index (κ3) is 4.71. The molecule has 1 aromatic carbocycles. The fourth-order valence-corrected chi connectivity index (χ4v) is 3.28. The third-order valence-corrected chi connectivity index (χ3v) is 4.27. The van der Waals surface area contributed by atoms with Gasteiger partial charge >= 0.3 is 6.03 Å². The average molecular weight is 350 g/mol. The summed E-state index contributed by atoms with van der Waals surface area (Å²) in [6.07, 6.45) is 0. The van der Waals surface area contributed by atoms with Gasteiger partial charge in [0.25, 0.3) is 10.0 Å². The minimum absolute atomic E-state index is 0.0502. The van der Waals surface area contributed by atoms with Crippen molar-refractivity contribution in [2.75, 3.05) is 5.73 Å². The van der Waals surface area contributed by atoms with Gasteiger partial charge in [-0.15, -0.1) is 0 Å². The number of anilines is 1. The van der Waals surface area contributed by atoms with Crippen molar-refractivity contribution in [3.8, 4) is 0 Å². The number of rotatable bonds is 2. The first-order chi connectivity index (χ1) is 8.51. The number of nitrogens with one attached hydrogen (secondary N) is 2. The van der Waals surface area contributed by atoms with Crippen LogP contribution in [0.25, 0.3) is 0 Å². The van der Waals surface area contributed by atoms with Gasteiger partial charge in [-0.3, -0.25) is 0 Å². The lowest BCUT2D eigenvalue weighted by atomic mass is 10.1. The number of nitrogen functional groups attached to an aromatic ring is 1. The first-order valence-corrected chi connectivity index (χ1v) is 7.69. The molecule has 0 heterocycles. The Morgan fingerprint density at radius 3 is 2.37 bits per heavy atom. The van der Waals surface area contributed by atoms with Crippen LogP contribution in [0, 0.1) is 0 Å². The highest BCUT2D eigenvalue weighted by molar-refractivity contribution is 9.10. The zero-order valence-electron chi connectivity index (χ0n) is 10.8. The van der Waals surface area contributed by atoms with Crippen molar-refractivity contribution in [3.05, 3.63) is 22.7 Å². The van der Waals surface area contributed by atoms with E-state index in [4.69, 9.17) is 5.73 Å². The van der Waals surface area contributed by atoms with E-state index in [1.54, 1.807) is 20.8 Å². The lowest BCUT2D eigenvalue weighted by Crippen LogP contribution is -2.48. The van der Waals surface area contributed by atoms with Crippen LogP contribution in [0.15, 0.2) is 27.6 Å². The molecule has 19 heavy (non-hydrogen) atoms. The molecule has 4 N–H and O–H groups in total. The number of carbonyl (C=O) groups excluding carboxylic acids is 1. The molecule has 0 unspecified atom stereocenters. The Morgan fingerprint density at radius 1 is 1.32 bits per heavy atom. The molecule has 0 spiro atoms. The first-order valence-electron chi connectivity index (χ1n) is 5.41. The molecule has 2 amide bonds. The predicted molar refractivity (Wildman–Crippen MR) is 77.2 cm³/mol. The number of amides is 2. The number of hydrogen-bond acceptors (Lipinski definition) is 4. The van der Waals surface area contributed by atoms with Crippen LogP contribution >= 0.6 is 15.9 Å². The summed E-state index contributed by atoms with van der Waals surface area (Å²) >= 11 is 3.10. The van der Waals surface area contributed by atoms with E-state index in [1.165, 1.54) is 18.2 Å². The molecular weight excluding hydrogens is 334 g/mol. The zero-order valence-corrected chi connectivity index (χ0v) is 13.2. The van der Waals surface area contributed by atoms with Crippen LogP contribution in [-0.4, -0.2) is 20.0 Å². The van der Waals surface area contributed by atoms with Gasteiger partial charge in [0.1, 0.15) is 4.90 Å². The van der Waals surface area contributed by atoms with Gasteiger partial charge in [0.05, 0.1) is 0 Å². The van der Waals surface area contributed by atoms with Gasteiger partial charge in [-0.2, -0.15) is 0 Å². The molecule has 6 nitrogen and oxygen atoms in total. The molecule has 1 aromatic rings. The maximum Gasteiger partial charge on any atom is 0.329 e. The maximum absolute atomic E-state index is 12.0. The van der Waals surface area contributed by atoms with Crippen LogP contribution in [-0.2, 0) is 10.0 Å². The fourth-order valence-electron chi connectivity index (χ4n) is 1.28. The Bertz CT molecular complexity index is 594. The Balaban J connectivity index is 2.96. The van der Waals surface area contributed by atoms with Crippen LogP contribution in [0.2, 0.25) is 0 Å². The number of nitrogens with two attached hydrogens (primary N) is 1. The number of halogens is 1. The summed E-state index contributed by atoms with van der Waals surface area (Å²) in [5, 5.41) is 2.51. The van der Waals surface area contributed by atoms with E-state index in [-0.39, 0.29) is 4.90 Å². The topological polar surface area (TPSA) is 101 Å². The molecule has 0 aliphatic heterocycles. The van der Waals surface area contributed by atoms with Crippen molar-refractivity contribution in [2.24, 2.45) is 0 Å². The van der Waals surface area contributed by atoms with Gasteiger partial charge in [-0.25, -0.2) is 17.9 Å². The minimum atomic E-state index is -3.94. The van der Waals surface area contributed by atoms with E-state index < -0.39 is 21.6 Å². The average Bonchev–Trinajstić information content (AvgIpc) is 2.11. The summed E-state index contributed by atoms with van der Waals surface area (Å²) in [4.78, 5) is 11.5. The van der Waals surface area contributed by atoms with Crippen LogP contribution in [0.3, 0.4) is 0 Å². The molecule has 0 radical (unpaired) electrons. The van der Waals surface area contributed by atoms with E-state index in [0.29, 0.717) is 10.2 Å². The van der Waals surface area contributed by atoms with Gasteiger partial charge in [-0.05, 0) is 54.9 Å². The van der Waals surface area contributed by atoms with Gasteiger partial charge in [0.15, 0.2) is 0 Å². The Labute approximate surface area is 120 Å². The summed E-state index contributed by atoms with van der Waals surface area (Å²) in [6, 6.07) is 3.44. The van der Waals surface area contributed by atoms with E-state index >= 15 is 0 Å². The third-order valence-electron chi connectivity index (χ3n) is 1.96. The number of urea groups is 1. The van der Waals surface area contributed by atoms with Gasteiger partial charge < -0.3 is 11.1 Å². The van der Waals surface area contributed by atoms with E-state index in [0.717, 1.165) is 0 Å². The Morgan fingerprint density at radius 2 is 1.89 bits per heavy atom. The molecule has 0 aliphatic rings. The lowest BCUT2D eigenvalue weighted by Gasteiger charge is -2.20. The summed E-state index contributed by atoms with van der Waals surface area (Å²) in [5.41, 5.74) is 5.42. The fraction of sp³-hybridized carbons (Fsp3) is 0.364. The van der Waals surface area contributed by atoms with Gasteiger partial charge in [0, 0.05) is 15.7 Å². The highest BCUT2D eigenvalue weighted by Gasteiger charge is 2.22. The quantitative estimate of drug-likeness (QED) is 0.708.